The summed E-state index contributed by atoms with van der Waals surface area (Å²) in [4.78, 5) is 9.90. The molecule has 0 aliphatic rings. The predicted molar refractivity (Wildman–Crippen MR) is 100 cm³/mol. The molecular formula is C18H18ClN5O2. The molecule has 3 rings (SSSR count). The largest absolute Gasteiger partial charge is 0.497 e. The average molecular weight is 372 g/mol. The maximum Gasteiger partial charge on any atom is 0.275 e. The summed E-state index contributed by atoms with van der Waals surface area (Å²) >= 11 is 6.19. The van der Waals surface area contributed by atoms with Gasteiger partial charge >= 0.3 is 0 Å². The van der Waals surface area contributed by atoms with Gasteiger partial charge in [-0.25, -0.2) is 4.98 Å². The van der Waals surface area contributed by atoms with Gasteiger partial charge in [0.2, 0.25) is 0 Å². The number of benzene rings is 1. The van der Waals surface area contributed by atoms with Crippen LogP contribution in [0.15, 0.2) is 36.5 Å². The van der Waals surface area contributed by atoms with Crippen LogP contribution in [0.2, 0.25) is 5.15 Å². The van der Waals surface area contributed by atoms with E-state index in [4.69, 9.17) is 27.6 Å². The first-order valence-electron chi connectivity index (χ1n) is 7.95. The van der Waals surface area contributed by atoms with Crippen molar-refractivity contribution in [3.63, 3.8) is 0 Å². The van der Waals surface area contributed by atoms with Crippen LogP contribution in [0.1, 0.15) is 5.56 Å². The normalized spacial score (nSPS) is 10.7. The Labute approximate surface area is 156 Å². The Morgan fingerprint density at radius 2 is 2.04 bits per heavy atom. The highest BCUT2D eigenvalue weighted by Gasteiger charge is 2.19. The quantitative estimate of drug-likeness (QED) is 0.594. The van der Waals surface area contributed by atoms with Crippen LogP contribution in [0, 0.1) is 6.57 Å². The topological polar surface area (TPSA) is 56.2 Å². The maximum absolute atomic E-state index is 7.25. The van der Waals surface area contributed by atoms with Gasteiger partial charge in [0.1, 0.15) is 11.4 Å². The number of hydrogen-bond acceptors (Lipinski definition) is 5. The van der Waals surface area contributed by atoms with Gasteiger partial charge in [-0.05, 0) is 17.7 Å². The van der Waals surface area contributed by atoms with E-state index in [9.17, 15) is 0 Å². The third-order valence-electron chi connectivity index (χ3n) is 3.95. The van der Waals surface area contributed by atoms with E-state index in [0.717, 1.165) is 17.0 Å². The lowest BCUT2D eigenvalue weighted by molar-refractivity contribution is 0.205. The molecule has 0 aliphatic heterocycles. The summed E-state index contributed by atoms with van der Waals surface area (Å²) in [6.07, 6.45) is 1.50. The molecule has 7 nitrogen and oxygen atoms in total. The number of anilines is 1. The van der Waals surface area contributed by atoms with Gasteiger partial charge in [0.25, 0.3) is 11.5 Å². The Hall–Kier alpha value is -2.82. The Balaban J connectivity index is 2.00. The van der Waals surface area contributed by atoms with E-state index in [1.807, 2.05) is 24.3 Å². The van der Waals surface area contributed by atoms with Gasteiger partial charge < -0.3 is 19.2 Å². The van der Waals surface area contributed by atoms with E-state index >= 15 is 0 Å². The monoisotopic (exact) mass is 371 g/mol. The number of fused-ring (bicyclic) bond motifs is 1. The molecule has 0 N–H and O–H groups in total. The second-order valence-electron chi connectivity index (χ2n) is 5.58. The van der Waals surface area contributed by atoms with Crippen molar-refractivity contribution in [1.29, 1.82) is 0 Å². The summed E-state index contributed by atoms with van der Waals surface area (Å²) in [5.41, 5.74) is 2.49. The first kappa shape index (κ1) is 18.0. The van der Waals surface area contributed by atoms with E-state index in [-0.39, 0.29) is 0 Å². The fourth-order valence-electron chi connectivity index (χ4n) is 2.66. The van der Waals surface area contributed by atoms with Gasteiger partial charge in [-0.2, -0.15) is 0 Å². The van der Waals surface area contributed by atoms with Crippen LogP contribution in [0.5, 0.6) is 5.75 Å². The van der Waals surface area contributed by atoms with Crippen LogP contribution < -0.4 is 9.64 Å². The highest BCUT2D eigenvalue weighted by molar-refractivity contribution is 6.29. The SMILES string of the molecule is [C-]#[N+]c1cnc2c(N(CCOC)Cc3ccc(OC)cc3)cc(Cl)nn12. The first-order chi connectivity index (χ1) is 12.7. The molecule has 8 heteroatoms. The smallest absolute Gasteiger partial charge is 0.275 e. The van der Waals surface area contributed by atoms with E-state index in [0.29, 0.717) is 36.3 Å². The number of halogens is 1. The summed E-state index contributed by atoms with van der Waals surface area (Å²) in [5.74, 6) is 1.13. The van der Waals surface area contributed by atoms with Crippen molar-refractivity contribution in [2.75, 3.05) is 32.3 Å². The van der Waals surface area contributed by atoms with Crippen LogP contribution in [-0.4, -0.2) is 42.0 Å². The molecule has 2 aromatic heterocycles. The van der Waals surface area contributed by atoms with Gasteiger partial charge in [0.05, 0.1) is 19.9 Å². The minimum atomic E-state index is 0.299. The number of hydrogen-bond donors (Lipinski definition) is 0. The van der Waals surface area contributed by atoms with E-state index in [1.165, 1.54) is 10.7 Å². The number of methoxy groups -OCH3 is 2. The summed E-state index contributed by atoms with van der Waals surface area (Å²) in [6, 6.07) is 9.62. The summed E-state index contributed by atoms with van der Waals surface area (Å²) in [7, 11) is 3.30. The molecule has 0 unspecified atom stereocenters. The zero-order chi connectivity index (χ0) is 18.5. The average Bonchev–Trinajstić information content (AvgIpc) is 3.07. The summed E-state index contributed by atoms with van der Waals surface area (Å²) in [6.45, 7) is 9.06. The molecule has 0 saturated carbocycles. The number of nitrogens with zero attached hydrogens (tertiary/aromatic N) is 5. The van der Waals surface area contributed by atoms with Crippen LogP contribution in [0.3, 0.4) is 0 Å². The van der Waals surface area contributed by atoms with E-state index in [2.05, 4.69) is 19.8 Å². The van der Waals surface area contributed by atoms with E-state index in [1.54, 1.807) is 20.3 Å². The van der Waals surface area contributed by atoms with Crippen molar-refractivity contribution in [1.82, 2.24) is 14.6 Å². The molecule has 134 valence electrons. The Morgan fingerprint density at radius 3 is 2.69 bits per heavy atom. The molecular weight excluding hydrogens is 354 g/mol. The van der Waals surface area contributed by atoms with Crippen molar-refractivity contribution in [2.24, 2.45) is 0 Å². The van der Waals surface area contributed by atoms with E-state index < -0.39 is 0 Å². The highest BCUT2D eigenvalue weighted by Crippen LogP contribution is 2.28. The van der Waals surface area contributed by atoms with Gasteiger partial charge in [0, 0.05) is 26.3 Å². The number of aromatic nitrogens is 3. The van der Waals surface area contributed by atoms with Crippen molar-refractivity contribution in [2.45, 2.75) is 6.54 Å². The zero-order valence-electron chi connectivity index (χ0n) is 14.5. The number of imidazole rings is 1. The number of rotatable bonds is 7. The molecule has 26 heavy (non-hydrogen) atoms. The molecule has 0 radical (unpaired) electrons. The Morgan fingerprint density at radius 1 is 1.27 bits per heavy atom. The van der Waals surface area contributed by atoms with Crippen molar-refractivity contribution in [3.05, 3.63) is 58.7 Å². The third kappa shape index (κ3) is 3.72. The Kier molecular flexibility index (Phi) is 5.56. The van der Waals surface area contributed by atoms with Crippen molar-refractivity contribution >= 4 is 28.8 Å². The Bertz CT molecular complexity index is 933. The molecule has 0 atom stereocenters. The lowest BCUT2D eigenvalue weighted by atomic mass is 10.2. The molecule has 0 amide bonds. The fraction of sp³-hybridized carbons (Fsp3) is 0.278. The first-order valence-corrected chi connectivity index (χ1v) is 8.32. The second kappa shape index (κ2) is 8.04. The van der Waals surface area contributed by atoms with Crippen molar-refractivity contribution < 1.29 is 9.47 Å². The summed E-state index contributed by atoms with van der Waals surface area (Å²) in [5, 5.41) is 4.49. The molecule has 1 aromatic carbocycles. The van der Waals surface area contributed by atoms with Gasteiger partial charge in [-0.15, -0.1) is 4.52 Å². The van der Waals surface area contributed by atoms with Gasteiger partial charge in [0.15, 0.2) is 5.15 Å². The lowest BCUT2D eigenvalue weighted by Crippen LogP contribution is -2.27. The zero-order valence-corrected chi connectivity index (χ0v) is 15.3. The number of ether oxygens (including phenoxy) is 2. The maximum atomic E-state index is 7.25. The van der Waals surface area contributed by atoms with Crippen LogP contribution in [0.25, 0.3) is 10.5 Å². The lowest BCUT2D eigenvalue weighted by Gasteiger charge is -2.24. The summed E-state index contributed by atoms with van der Waals surface area (Å²) < 4.78 is 11.9. The minimum absolute atomic E-state index is 0.299. The van der Waals surface area contributed by atoms with Gasteiger partial charge in [-0.3, -0.25) is 0 Å². The second-order valence-corrected chi connectivity index (χ2v) is 5.97. The molecule has 0 saturated heterocycles. The van der Waals surface area contributed by atoms with Crippen LogP contribution in [-0.2, 0) is 11.3 Å². The molecule has 2 heterocycles. The molecule has 0 spiro atoms. The third-order valence-corrected chi connectivity index (χ3v) is 4.14. The predicted octanol–water partition coefficient (Wildman–Crippen LogP) is 3.60. The molecule has 3 aromatic rings. The molecule has 0 bridgehead atoms. The standard InChI is InChI=1S/C18H18ClN5O2/c1-20-17-11-21-18-15(10-16(19)22-24(17)18)23(8-9-25-2)12-13-4-6-14(26-3)7-5-13/h4-7,10-11H,8-9,12H2,2-3H3. The van der Waals surface area contributed by atoms with Crippen LogP contribution >= 0.6 is 11.6 Å². The highest BCUT2D eigenvalue weighted by atomic mass is 35.5. The van der Waals surface area contributed by atoms with Gasteiger partial charge in [-0.1, -0.05) is 35.4 Å². The van der Waals surface area contributed by atoms with Crippen LogP contribution in [0.4, 0.5) is 11.5 Å². The molecule has 0 aliphatic carbocycles. The molecule has 0 fully saturated rings. The minimum Gasteiger partial charge on any atom is -0.497 e. The van der Waals surface area contributed by atoms with Crippen molar-refractivity contribution in [3.8, 4) is 5.75 Å². The fourth-order valence-corrected chi connectivity index (χ4v) is 2.84.